The molecular formula is C14H14FN3O2S. The van der Waals surface area contributed by atoms with Gasteiger partial charge in [-0.05, 0) is 12.5 Å². The zero-order valence-electron chi connectivity index (χ0n) is 11.4. The van der Waals surface area contributed by atoms with Crippen molar-refractivity contribution >= 4 is 17.2 Å². The molecule has 110 valence electrons. The van der Waals surface area contributed by atoms with Crippen LogP contribution in [0.5, 0.6) is 0 Å². The number of hydrogen-bond acceptors (Lipinski definition) is 3. The minimum Gasteiger partial charge on any atom is -0.389 e. The highest BCUT2D eigenvalue weighted by atomic mass is 32.1. The highest BCUT2D eigenvalue weighted by Gasteiger charge is 2.09. The number of aromatic amines is 1. The topological polar surface area (TPSA) is 80.9 Å². The zero-order chi connectivity index (χ0) is 15.6. The standard InChI is InChI=1S/C14H14FN3O2S/c1-2-8-6-18(14(20)17-13(8)19)7-10-4-3-9(12(16)21)5-11(10)15/h3-6H,2,7H2,1H3,(H2,16,21)(H,17,19,20). The third-order valence-corrected chi connectivity index (χ3v) is 3.38. The predicted molar refractivity (Wildman–Crippen MR) is 82.1 cm³/mol. The number of hydrogen-bond donors (Lipinski definition) is 2. The number of H-pyrrole nitrogens is 1. The molecule has 0 atom stereocenters. The van der Waals surface area contributed by atoms with Crippen LogP contribution in [0, 0.1) is 5.82 Å². The van der Waals surface area contributed by atoms with E-state index < -0.39 is 17.1 Å². The Kier molecular flexibility index (Phi) is 4.32. The van der Waals surface area contributed by atoms with Gasteiger partial charge in [-0.1, -0.05) is 31.3 Å². The summed E-state index contributed by atoms with van der Waals surface area (Å²) >= 11 is 4.78. The number of aryl methyl sites for hydroxylation is 1. The molecule has 2 aromatic rings. The molecule has 0 bridgehead atoms. The normalized spacial score (nSPS) is 10.6. The maximum Gasteiger partial charge on any atom is 0.328 e. The number of nitrogens with two attached hydrogens (primary N) is 1. The fourth-order valence-corrected chi connectivity index (χ4v) is 2.06. The minimum atomic E-state index is -0.574. The maximum atomic E-state index is 14.0. The number of rotatable bonds is 4. The summed E-state index contributed by atoms with van der Waals surface area (Å²) in [5.74, 6) is -0.503. The van der Waals surface area contributed by atoms with Gasteiger partial charge in [0.05, 0.1) is 6.54 Å². The summed E-state index contributed by atoms with van der Waals surface area (Å²) in [7, 11) is 0. The summed E-state index contributed by atoms with van der Waals surface area (Å²) in [6.07, 6.45) is 1.93. The lowest BCUT2D eigenvalue weighted by molar-refractivity contribution is 0.591. The molecule has 1 aromatic heterocycles. The Hall–Kier alpha value is -2.28. The van der Waals surface area contributed by atoms with Crippen LogP contribution in [0.25, 0.3) is 0 Å². The van der Waals surface area contributed by atoms with Gasteiger partial charge in [-0.15, -0.1) is 0 Å². The first kappa shape index (κ1) is 15.1. The van der Waals surface area contributed by atoms with Gasteiger partial charge in [-0.3, -0.25) is 14.3 Å². The Labute approximate surface area is 125 Å². The summed E-state index contributed by atoms with van der Waals surface area (Å²) < 4.78 is 15.3. The summed E-state index contributed by atoms with van der Waals surface area (Å²) in [6.45, 7) is 1.82. The van der Waals surface area contributed by atoms with Crippen molar-refractivity contribution in [3.05, 3.63) is 67.7 Å². The van der Waals surface area contributed by atoms with E-state index in [1.54, 1.807) is 13.0 Å². The third-order valence-electron chi connectivity index (χ3n) is 3.14. The van der Waals surface area contributed by atoms with E-state index in [4.69, 9.17) is 18.0 Å². The van der Waals surface area contributed by atoms with Crippen molar-refractivity contribution in [2.24, 2.45) is 5.73 Å². The zero-order valence-corrected chi connectivity index (χ0v) is 12.2. The summed E-state index contributed by atoms with van der Waals surface area (Å²) in [5, 5.41) is 0. The molecule has 2 rings (SSSR count). The smallest absolute Gasteiger partial charge is 0.328 e. The average molecular weight is 307 g/mol. The second-order valence-electron chi connectivity index (χ2n) is 4.57. The molecule has 0 saturated heterocycles. The molecule has 0 aliphatic heterocycles. The van der Waals surface area contributed by atoms with Crippen molar-refractivity contribution < 1.29 is 4.39 Å². The van der Waals surface area contributed by atoms with Crippen LogP contribution in [0.3, 0.4) is 0 Å². The van der Waals surface area contributed by atoms with E-state index >= 15 is 0 Å². The van der Waals surface area contributed by atoms with Crippen LogP contribution in [0.4, 0.5) is 4.39 Å². The van der Waals surface area contributed by atoms with Gasteiger partial charge in [0.2, 0.25) is 0 Å². The molecule has 0 radical (unpaired) electrons. The molecule has 5 nitrogen and oxygen atoms in total. The van der Waals surface area contributed by atoms with Gasteiger partial charge in [0.15, 0.2) is 0 Å². The molecular weight excluding hydrogens is 293 g/mol. The van der Waals surface area contributed by atoms with Crippen molar-refractivity contribution in [1.29, 1.82) is 0 Å². The van der Waals surface area contributed by atoms with Crippen LogP contribution >= 0.6 is 12.2 Å². The molecule has 7 heteroatoms. The van der Waals surface area contributed by atoms with E-state index in [0.29, 0.717) is 23.1 Å². The Balaban J connectivity index is 2.41. The molecule has 0 aliphatic carbocycles. The number of halogens is 1. The van der Waals surface area contributed by atoms with E-state index in [9.17, 15) is 14.0 Å². The highest BCUT2D eigenvalue weighted by Crippen LogP contribution is 2.11. The summed E-state index contributed by atoms with van der Waals surface area (Å²) in [4.78, 5) is 25.6. The van der Waals surface area contributed by atoms with Gasteiger partial charge in [0.1, 0.15) is 10.8 Å². The first-order chi connectivity index (χ1) is 9.92. The molecule has 21 heavy (non-hydrogen) atoms. The number of aromatic nitrogens is 2. The van der Waals surface area contributed by atoms with Gasteiger partial charge < -0.3 is 5.73 Å². The van der Waals surface area contributed by atoms with E-state index in [2.05, 4.69) is 4.98 Å². The van der Waals surface area contributed by atoms with Crippen LogP contribution in [0.2, 0.25) is 0 Å². The van der Waals surface area contributed by atoms with E-state index in [0.717, 1.165) is 0 Å². The average Bonchev–Trinajstić information content (AvgIpc) is 2.43. The first-order valence-electron chi connectivity index (χ1n) is 6.33. The van der Waals surface area contributed by atoms with Gasteiger partial charge in [0, 0.05) is 22.9 Å². The third kappa shape index (κ3) is 3.25. The first-order valence-corrected chi connectivity index (χ1v) is 6.74. The second-order valence-corrected chi connectivity index (χ2v) is 5.01. The molecule has 1 aromatic carbocycles. The summed E-state index contributed by atoms with van der Waals surface area (Å²) in [5.41, 5.74) is 5.65. The Bertz CT molecular complexity index is 811. The Morgan fingerprint density at radius 2 is 2.10 bits per heavy atom. The van der Waals surface area contributed by atoms with Crippen LogP contribution < -0.4 is 17.0 Å². The number of nitrogens with one attached hydrogen (secondary N) is 1. The number of nitrogens with zero attached hydrogens (tertiary/aromatic N) is 1. The molecule has 0 amide bonds. The molecule has 1 heterocycles. The van der Waals surface area contributed by atoms with Crippen LogP contribution in [-0.4, -0.2) is 14.5 Å². The Morgan fingerprint density at radius 3 is 2.67 bits per heavy atom. The molecule has 0 saturated carbocycles. The van der Waals surface area contributed by atoms with E-state index in [1.807, 2.05) is 0 Å². The second kappa shape index (κ2) is 6.01. The van der Waals surface area contributed by atoms with Crippen molar-refractivity contribution in [2.75, 3.05) is 0 Å². The molecule has 3 N–H and O–H groups in total. The van der Waals surface area contributed by atoms with E-state index in [-0.39, 0.29) is 11.5 Å². The SMILES string of the molecule is CCc1cn(Cc2ccc(C(N)=S)cc2F)c(=O)[nH]c1=O. The lowest BCUT2D eigenvalue weighted by atomic mass is 10.1. The van der Waals surface area contributed by atoms with Gasteiger partial charge in [0.25, 0.3) is 5.56 Å². The van der Waals surface area contributed by atoms with Gasteiger partial charge in [-0.25, -0.2) is 9.18 Å². The van der Waals surface area contributed by atoms with E-state index in [1.165, 1.54) is 22.9 Å². The Morgan fingerprint density at radius 1 is 1.38 bits per heavy atom. The largest absolute Gasteiger partial charge is 0.389 e. The lowest BCUT2D eigenvalue weighted by Gasteiger charge is -2.09. The van der Waals surface area contributed by atoms with Crippen LogP contribution in [0.15, 0.2) is 34.0 Å². The van der Waals surface area contributed by atoms with Crippen LogP contribution in [-0.2, 0) is 13.0 Å². The number of benzene rings is 1. The van der Waals surface area contributed by atoms with Gasteiger partial charge >= 0.3 is 5.69 Å². The van der Waals surface area contributed by atoms with Crippen molar-refractivity contribution in [3.63, 3.8) is 0 Å². The van der Waals surface area contributed by atoms with Crippen molar-refractivity contribution in [3.8, 4) is 0 Å². The number of thiocarbonyl (C=S) groups is 1. The molecule has 0 spiro atoms. The molecule has 0 fully saturated rings. The monoisotopic (exact) mass is 307 g/mol. The highest BCUT2D eigenvalue weighted by molar-refractivity contribution is 7.80. The molecule has 0 unspecified atom stereocenters. The predicted octanol–water partition coefficient (Wildman–Crippen LogP) is 0.921. The molecule has 0 aliphatic rings. The maximum absolute atomic E-state index is 14.0. The minimum absolute atomic E-state index is 0.0199. The fourth-order valence-electron chi connectivity index (χ4n) is 1.94. The lowest BCUT2D eigenvalue weighted by Crippen LogP contribution is -2.32. The van der Waals surface area contributed by atoms with Crippen molar-refractivity contribution in [2.45, 2.75) is 19.9 Å². The van der Waals surface area contributed by atoms with Gasteiger partial charge in [-0.2, -0.15) is 0 Å². The van der Waals surface area contributed by atoms with Crippen molar-refractivity contribution in [1.82, 2.24) is 9.55 Å². The van der Waals surface area contributed by atoms with Crippen LogP contribution in [0.1, 0.15) is 23.6 Å². The summed E-state index contributed by atoms with van der Waals surface area (Å²) in [6, 6.07) is 4.35. The quantitative estimate of drug-likeness (QED) is 0.823. The fraction of sp³-hybridized carbons (Fsp3) is 0.214.